The SMILES string of the molecule is CC(CCCC(=O)c1ccc(N2CCOCC2)cc1)c1ccccc1. The summed E-state index contributed by atoms with van der Waals surface area (Å²) >= 11 is 0. The number of anilines is 1. The number of nitrogens with zero attached hydrogens (tertiary/aromatic N) is 1. The van der Waals surface area contributed by atoms with E-state index >= 15 is 0 Å². The second kappa shape index (κ2) is 8.82. The highest BCUT2D eigenvalue weighted by Gasteiger charge is 2.13. The van der Waals surface area contributed by atoms with Crippen molar-refractivity contribution in [2.24, 2.45) is 0 Å². The van der Waals surface area contributed by atoms with Gasteiger partial charge < -0.3 is 9.64 Å². The van der Waals surface area contributed by atoms with Crippen molar-refractivity contribution in [3.63, 3.8) is 0 Å². The number of rotatable bonds is 7. The van der Waals surface area contributed by atoms with Crippen LogP contribution in [0.1, 0.15) is 48.0 Å². The number of carbonyl (C=O) groups excluding carboxylic acids is 1. The molecule has 3 nitrogen and oxygen atoms in total. The Balaban J connectivity index is 1.48. The van der Waals surface area contributed by atoms with Crippen molar-refractivity contribution < 1.29 is 9.53 Å². The molecule has 0 spiro atoms. The van der Waals surface area contributed by atoms with Gasteiger partial charge in [0.1, 0.15) is 0 Å². The molecule has 0 bridgehead atoms. The highest BCUT2D eigenvalue weighted by molar-refractivity contribution is 5.96. The lowest BCUT2D eigenvalue weighted by atomic mass is 9.94. The number of Topliss-reactive ketones (excluding diaryl/α,β-unsaturated/α-hetero) is 1. The van der Waals surface area contributed by atoms with Crippen LogP contribution in [0.3, 0.4) is 0 Å². The highest BCUT2D eigenvalue weighted by atomic mass is 16.5. The molecule has 2 aromatic carbocycles. The van der Waals surface area contributed by atoms with E-state index in [9.17, 15) is 4.79 Å². The predicted molar refractivity (Wildman–Crippen MR) is 103 cm³/mol. The molecule has 1 heterocycles. The first-order valence-corrected chi connectivity index (χ1v) is 9.25. The van der Waals surface area contributed by atoms with Gasteiger partial charge in [-0.1, -0.05) is 37.3 Å². The maximum atomic E-state index is 12.4. The lowest BCUT2D eigenvalue weighted by Crippen LogP contribution is -2.36. The third-order valence-corrected chi connectivity index (χ3v) is 4.98. The monoisotopic (exact) mass is 337 g/mol. The van der Waals surface area contributed by atoms with Crippen molar-refractivity contribution in [2.75, 3.05) is 31.2 Å². The summed E-state index contributed by atoms with van der Waals surface area (Å²) < 4.78 is 5.38. The first-order valence-electron chi connectivity index (χ1n) is 9.25. The van der Waals surface area contributed by atoms with Gasteiger partial charge in [-0.15, -0.1) is 0 Å². The number of carbonyl (C=O) groups is 1. The van der Waals surface area contributed by atoms with E-state index in [4.69, 9.17) is 4.74 Å². The van der Waals surface area contributed by atoms with Gasteiger partial charge in [0.05, 0.1) is 13.2 Å². The topological polar surface area (TPSA) is 29.5 Å². The Kier molecular flexibility index (Phi) is 6.24. The van der Waals surface area contributed by atoms with Crippen LogP contribution < -0.4 is 4.90 Å². The minimum absolute atomic E-state index is 0.244. The molecule has 25 heavy (non-hydrogen) atoms. The number of benzene rings is 2. The average molecular weight is 337 g/mol. The molecule has 2 aromatic rings. The van der Waals surface area contributed by atoms with Crippen LogP contribution >= 0.6 is 0 Å². The molecular weight excluding hydrogens is 310 g/mol. The van der Waals surface area contributed by atoms with Crippen molar-refractivity contribution in [1.29, 1.82) is 0 Å². The Labute approximate surface area is 150 Å². The van der Waals surface area contributed by atoms with Gasteiger partial charge in [-0.2, -0.15) is 0 Å². The molecule has 3 heteroatoms. The number of hydrogen-bond acceptors (Lipinski definition) is 3. The highest BCUT2D eigenvalue weighted by Crippen LogP contribution is 2.22. The Morgan fingerprint density at radius 2 is 1.72 bits per heavy atom. The number of hydrogen-bond donors (Lipinski definition) is 0. The molecule has 1 saturated heterocycles. The van der Waals surface area contributed by atoms with E-state index in [1.165, 1.54) is 11.3 Å². The summed E-state index contributed by atoms with van der Waals surface area (Å²) in [6, 6.07) is 18.6. The third-order valence-electron chi connectivity index (χ3n) is 4.98. The van der Waals surface area contributed by atoms with E-state index in [1.807, 2.05) is 18.2 Å². The van der Waals surface area contributed by atoms with E-state index in [1.54, 1.807) is 0 Å². The molecule has 0 aliphatic carbocycles. The van der Waals surface area contributed by atoms with Gasteiger partial charge in [-0.25, -0.2) is 0 Å². The smallest absolute Gasteiger partial charge is 0.162 e. The Morgan fingerprint density at radius 1 is 1.04 bits per heavy atom. The molecule has 0 radical (unpaired) electrons. The van der Waals surface area contributed by atoms with Crippen molar-refractivity contribution in [1.82, 2.24) is 0 Å². The lowest BCUT2D eigenvalue weighted by Gasteiger charge is -2.28. The van der Waals surface area contributed by atoms with Crippen molar-refractivity contribution in [3.05, 3.63) is 65.7 Å². The standard InChI is InChI=1S/C22H27NO2/c1-18(19-7-3-2-4-8-19)6-5-9-22(24)20-10-12-21(13-11-20)23-14-16-25-17-15-23/h2-4,7-8,10-13,18H,5-6,9,14-17H2,1H3. The van der Waals surface area contributed by atoms with Gasteiger partial charge in [0.15, 0.2) is 5.78 Å². The van der Waals surface area contributed by atoms with Crippen LogP contribution in [0.15, 0.2) is 54.6 Å². The number of ether oxygens (including phenoxy) is 1. The van der Waals surface area contributed by atoms with Gasteiger partial charge in [0, 0.05) is 30.8 Å². The molecule has 1 aliphatic heterocycles. The molecule has 0 N–H and O–H groups in total. The van der Waals surface area contributed by atoms with Gasteiger partial charge in [0.25, 0.3) is 0 Å². The lowest BCUT2D eigenvalue weighted by molar-refractivity contribution is 0.0978. The average Bonchev–Trinajstić information content (AvgIpc) is 2.69. The van der Waals surface area contributed by atoms with E-state index < -0.39 is 0 Å². The zero-order valence-electron chi connectivity index (χ0n) is 15.0. The predicted octanol–water partition coefficient (Wildman–Crippen LogP) is 4.68. The molecular formula is C22H27NO2. The zero-order valence-corrected chi connectivity index (χ0v) is 15.0. The maximum Gasteiger partial charge on any atom is 0.162 e. The summed E-state index contributed by atoms with van der Waals surface area (Å²) in [6.07, 6.45) is 2.59. The van der Waals surface area contributed by atoms with Crippen LogP contribution in [0.25, 0.3) is 0 Å². The normalized spacial score (nSPS) is 15.8. The number of ketones is 1. The van der Waals surface area contributed by atoms with Crippen LogP contribution in [0.5, 0.6) is 0 Å². The zero-order chi connectivity index (χ0) is 17.5. The first kappa shape index (κ1) is 17.7. The maximum absolute atomic E-state index is 12.4. The Bertz CT molecular complexity index is 660. The minimum atomic E-state index is 0.244. The molecule has 0 saturated carbocycles. The molecule has 1 atom stereocenters. The number of morpholine rings is 1. The Morgan fingerprint density at radius 3 is 2.40 bits per heavy atom. The summed E-state index contributed by atoms with van der Waals surface area (Å²) in [5.74, 6) is 0.742. The molecule has 1 fully saturated rings. The summed E-state index contributed by atoms with van der Waals surface area (Å²) in [5.41, 5.74) is 3.35. The second-order valence-corrected chi connectivity index (χ2v) is 6.77. The van der Waals surface area contributed by atoms with E-state index in [2.05, 4.69) is 48.2 Å². The summed E-state index contributed by atoms with van der Waals surface area (Å²) in [5, 5.41) is 0. The van der Waals surface area contributed by atoms with Crippen LogP contribution in [0.4, 0.5) is 5.69 Å². The molecule has 1 unspecified atom stereocenters. The summed E-state index contributed by atoms with van der Waals surface area (Å²) in [6.45, 7) is 5.63. The summed E-state index contributed by atoms with van der Waals surface area (Å²) in [7, 11) is 0. The molecule has 3 rings (SSSR count). The quantitative estimate of drug-likeness (QED) is 0.687. The third kappa shape index (κ3) is 4.93. The fourth-order valence-corrected chi connectivity index (χ4v) is 3.34. The fourth-order valence-electron chi connectivity index (χ4n) is 3.34. The molecule has 1 aliphatic rings. The van der Waals surface area contributed by atoms with Crippen molar-refractivity contribution >= 4 is 11.5 Å². The van der Waals surface area contributed by atoms with Gasteiger partial charge in [-0.05, 0) is 48.6 Å². The van der Waals surface area contributed by atoms with Crippen LogP contribution in [0, 0.1) is 0 Å². The van der Waals surface area contributed by atoms with Crippen LogP contribution in [-0.4, -0.2) is 32.1 Å². The van der Waals surface area contributed by atoms with Crippen molar-refractivity contribution in [2.45, 2.75) is 32.1 Å². The second-order valence-electron chi connectivity index (χ2n) is 6.77. The Hall–Kier alpha value is -2.13. The largest absolute Gasteiger partial charge is 0.378 e. The van der Waals surface area contributed by atoms with Crippen LogP contribution in [0.2, 0.25) is 0 Å². The van der Waals surface area contributed by atoms with E-state index in [0.29, 0.717) is 12.3 Å². The van der Waals surface area contributed by atoms with Crippen LogP contribution in [-0.2, 0) is 4.74 Å². The van der Waals surface area contributed by atoms with Gasteiger partial charge in [0.2, 0.25) is 0 Å². The van der Waals surface area contributed by atoms with E-state index in [-0.39, 0.29) is 5.78 Å². The first-order chi connectivity index (χ1) is 12.2. The van der Waals surface area contributed by atoms with Crippen molar-refractivity contribution in [3.8, 4) is 0 Å². The molecule has 0 aromatic heterocycles. The van der Waals surface area contributed by atoms with Gasteiger partial charge >= 0.3 is 0 Å². The molecule has 132 valence electrons. The minimum Gasteiger partial charge on any atom is -0.378 e. The fraction of sp³-hybridized carbons (Fsp3) is 0.409. The molecule has 0 amide bonds. The summed E-state index contributed by atoms with van der Waals surface area (Å²) in [4.78, 5) is 14.7. The van der Waals surface area contributed by atoms with E-state index in [0.717, 1.165) is 44.7 Å². The van der Waals surface area contributed by atoms with Gasteiger partial charge in [-0.3, -0.25) is 4.79 Å².